The molecule has 2 N–H and O–H groups in total. The van der Waals surface area contributed by atoms with Crippen molar-refractivity contribution in [3.63, 3.8) is 0 Å². The minimum absolute atomic E-state index is 0.100. The highest BCUT2D eigenvalue weighted by Gasteiger charge is 2.32. The number of anilines is 1. The van der Waals surface area contributed by atoms with Crippen LogP contribution in [0.1, 0.15) is 32.1 Å². The highest BCUT2D eigenvalue weighted by atomic mass is 35.5. The normalized spacial score (nSPS) is 18.6. The average Bonchev–Trinajstić information content (AvgIpc) is 2.88. The maximum absolute atomic E-state index is 9.74. The van der Waals surface area contributed by atoms with E-state index in [1.807, 2.05) is 0 Å². The van der Waals surface area contributed by atoms with Crippen LogP contribution in [0.25, 0.3) is 5.78 Å². The first-order valence-corrected chi connectivity index (χ1v) is 6.86. The van der Waals surface area contributed by atoms with Gasteiger partial charge in [-0.25, -0.2) is 0 Å². The van der Waals surface area contributed by atoms with Gasteiger partial charge in [0.25, 0.3) is 5.78 Å². The Kier molecular flexibility index (Phi) is 3.28. The summed E-state index contributed by atoms with van der Waals surface area (Å²) >= 11 is 5.99. The van der Waals surface area contributed by atoms with Gasteiger partial charge in [-0.15, -0.1) is 0 Å². The molecule has 1 fully saturated rings. The van der Waals surface area contributed by atoms with Crippen molar-refractivity contribution in [2.75, 3.05) is 11.9 Å². The molecule has 7 heteroatoms. The average molecular weight is 282 g/mol. The second kappa shape index (κ2) is 4.94. The van der Waals surface area contributed by atoms with Crippen LogP contribution in [0.5, 0.6) is 0 Å². The lowest BCUT2D eigenvalue weighted by Crippen LogP contribution is -2.44. The first kappa shape index (κ1) is 12.6. The number of halogens is 1. The topological polar surface area (TPSA) is 75.3 Å². The molecule has 0 aromatic carbocycles. The summed E-state index contributed by atoms with van der Waals surface area (Å²) < 4.78 is 1.61. The third-order valence-electron chi connectivity index (χ3n) is 3.73. The molecular formula is C12H16ClN5O. The smallest absolute Gasteiger partial charge is 0.255 e. The first-order valence-electron chi connectivity index (χ1n) is 6.48. The van der Waals surface area contributed by atoms with Gasteiger partial charge in [-0.2, -0.15) is 19.6 Å². The second-order valence-corrected chi connectivity index (χ2v) is 5.45. The monoisotopic (exact) mass is 281 g/mol. The van der Waals surface area contributed by atoms with Gasteiger partial charge >= 0.3 is 0 Å². The highest BCUT2D eigenvalue weighted by Crippen LogP contribution is 2.31. The van der Waals surface area contributed by atoms with E-state index in [4.69, 9.17) is 11.6 Å². The van der Waals surface area contributed by atoms with Crippen LogP contribution in [-0.4, -0.2) is 36.8 Å². The molecule has 0 spiro atoms. The molecule has 6 nitrogen and oxygen atoms in total. The molecule has 0 bridgehead atoms. The summed E-state index contributed by atoms with van der Waals surface area (Å²) in [5.41, 5.74) is -0.290. The van der Waals surface area contributed by atoms with Gasteiger partial charge in [-0.3, -0.25) is 0 Å². The van der Waals surface area contributed by atoms with Crippen LogP contribution in [0.15, 0.2) is 12.4 Å². The van der Waals surface area contributed by atoms with Crippen molar-refractivity contribution in [3.8, 4) is 0 Å². The molecule has 0 atom stereocenters. The van der Waals surface area contributed by atoms with Crippen molar-refractivity contribution in [1.82, 2.24) is 19.6 Å². The van der Waals surface area contributed by atoms with E-state index in [2.05, 4.69) is 20.4 Å². The summed E-state index contributed by atoms with van der Waals surface area (Å²) in [6.45, 7) is 0.100. The molecule has 102 valence electrons. The largest absolute Gasteiger partial charge is 0.394 e. The predicted octanol–water partition coefficient (Wildman–Crippen LogP) is 1.88. The van der Waals surface area contributed by atoms with Gasteiger partial charge in [0, 0.05) is 6.07 Å². The van der Waals surface area contributed by atoms with E-state index in [-0.39, 0.29) is 12.1 Å². The van der Waals surface area contributed by atoms with Crippen LogP contribution in [0.2, 0.25) is 5.15 Å². The van der Waals surface area contributed by atoms with E-state index in [1.54, 1.807) is 10.6 Å². The van der Waals surface area contributed by atoms with Crippen LogP contribution < -0.4 is 5.32 Å². The van der Waals surface area contributed by atoms with Gasteiger partial charge in [0.2, 0.25) is 0 Å². The van der Waals surface area contributed by atoms with E-state index in [0.717, 1.165) is 31.5 Å². The van der Waals surface area contributed by atoms with Gasteiger partial charge < -0.3 is 10.4 Å². The van der Waals surface area contributed by atoms with Gasteiger partial charge in [-0.1, -0.05) is 30.9 Å². The number of hydrogen-bond acceptors (Lipinski definition) is 5. The number of fused-ring (bicyclic) bond motifs is 1. The lowest BCUT2D eigenvalue weighted by molar-refractivity contribution is 0.172. The van der Waals surface area contributed by atoms with E-state index >= 15 is 0 Å². The molecule has 0 radical (unpaired) electrons. The number of aliphatic hydroxyl groups excluding tert-OH is 1. The maximum Gasteiger partial charge on any atom is 0.255 e. The van der Waals surface area contributed by atoms with E-state index < -0.39 is 0 Å². The lowest BCUT2D eigenvalue weighted by atomic mass is 9.82. The second-order valence-electron chi connectivity index (χ2n) is 5.06. The minimum atomic E-state index is -0.290. The highest BCUT2D eigenvalue weighted by molar-refractivity contribution is 6.29. The molecule has 1 saturated carbocycles. The number of aliphatic hydroxyl groups is 1. The molecule has 2 aromatic rings. The Balaban J connectivity index is 1.97. The molecule has 2 heterocycles. The summed E-state index contributed by atoms with van der Waals surface area (Å²) in [7, 11) is 0. The van der Waals surface area contributed by atoms with Crippen LogP contribution in [-0.2, 0) is 0 Å². The predicted molar refractivity (Wildman–Crippen MR) is 72.3 cm³/mol. The van der Waals surface area contributed by atoms with Crippen LogP contribution in [0, 0.1) is 0 Å². The zero-order valence-corrected chi connectivity index (χ0v) is 11.3. The SMILES string of the molecule is OCC1(Nc2cc(Cl)nc3ncnn23)CCCCC1. The van der Waals surface area contributed by atoms with Crippen LogP contribution >= 0.6 is 11.6 Å². The Bertz CT molecular complexity index is 579. The number of nitrogens with one attached hydrogen (secondary N) is 1. The van der Waals surface area contributed by atoms with Gasteiger partial charge in [0.1, 0.15) is 17.3 Å². The first-order chi connectivity index (χ1) is 9.22. The molecule has 0 unspecified atom stereocenters. The molecule has 1 aliphatic rings. The van der Waals surface area contributed by atoms with E-state index in [9.17, 15) is 5.11 Å². The Morgan fingerprint density at radius 3 is 2.89 bits per heavy atom. The maximum atomic E-state index is 9.74. The quantitative estimate of drug-likeness (QED) is 0.840. The van der Waals surface area contributed by atoms with Crippen LogP contribution in [0.4, 0.5) is 5.82 Å². The third-order valence-corrected chi connectivity index (χ3v) is 3.92. The number of aromatic nitrogens is 4. The van der Waals surface area contributed by atoms with E-state index in [0.29, 0.717) is 10.9 Å². The molecular weight excluding hydrogens is 266 g/mol. The summed E-state index contributed by atoms with van der Waals surface area (Å²) in [6, 6.07) is 1.72. The third kappa shape index (κ3) is 2.37. The fraction of sp³-hybridized carbons (Fsp3) is 0.583. The summed E-state index contributed by atoms with van der Waals surface area (Å²) in [5, 5.41) is 17.6. The van der Waals surface area contributed by atoms with Crippen molar-refractivity contribution in [2.24, 2.45) is 0 Å². The molecule has 3 rings (SSSR count). The number of nitrogens with zero attached hydrogens (tertiary/aromatic N) is 4. The van der Waals surface area contributed by atoms with Gasteiger partial charge in [0.15, 0.2) is 0 Å². The van der Waals surface area contributed by atoms with E-state index in [1.165, 1.54) is 12.7 Å². The van der Waals surface area contributed by atoms with Crippen molar-refractivity contribution in [3.05, 3.63) is 17.5 Å². The molecule has 0 aliphatic heterocycles. The Morgan fingerprint density at radius 1 is 1.37 bits per heavy atom. The van der Waals surface area contributed by atoms with Crippen molar-refractivity contribution in [2.45, 2.75) is 37.6 Å². The zero-order valence-electron chi connectivity index (χ0n) is 10.5. The fourth-order valence-corrected chi connectivity index (χ4v) is 2.87. The van der Waals surface area contributed by atoms with Crippen molar-refractivity contribution < 1.29 is 5.11 Å². The standard InChI is InChI=1S/C12H16ClN5O/c13-9-6-10(18-11(16-9)14-8-15-18)17-12(7-19)4-2-1-3-5-12/h6,8,17,19H,1-5,7H2. The summed E-state index contributed by atoms with van der Waals surface area (Å²) in [5.74, 6) is 1.18. The van der Waals surface area contributed by atoms with Crippen molar-refractivity contribution in [1.29, 1.82) is 0 Å². The Morgan fingerprint density at radius 2 is 2.16 bits per heavy atom. The number of hydrogen-bond donors (Lipinski definition) is 2. The summed E-state index contributed by atoms with van der Waals surface area (Å²) in [4.78, 5) is 8.13. The molecule has 1 aliphatic carbocycles. The molecule has 0 amide bonds. The minimum Gasteiger partial charge on any atom is -0.394 e. The fourth-order valence-electron chi connectivity index (χ4n) is 2.70. The van der Waals surface area contributed by atoms with Gasteiger partial charge in [-0.05, 0) is 12.8 Å². The molecule has 2 aromatic heterocycles. The number of rotatable bonds is 3. The van der Waals surface area contributed by atoms with Gasteiger partial charge in [0.05, 0.1) is 12.1 Å². The zero-order chi connectivity index (χ0) is 13.3. The molecule has 19 heavy (non-hydrogen) atoms. The lowest BCUT2D eigenvalue weighted by Gasteiger charge is -2.37. The van der Waals surface area contributed by atoms with Crippen LogP contribution in [0.3, 0.4) is 0 Å². The summed E-state index contributed by atoms with van der Waals surface area (Å²) in [6.07, 6.45) is 6.79. The molecule has 0 saturated heterocycles. The Labute approximate surface area is 115 Å². The van der Waals surface area contributed by atoms with Crippen molar-refractivity contribution >= 4 is 23.2 Å². The Hall–Kier alpha value is -1.40.